The van der Waals surface area contributed by atoms with Crippen molar-refractivity contribution < 1.29 is 23.8 Å². The lowest BCUT2D eigenvalue weighted by atomic mass is 9.80. The summed E-state index contributed by atoms with van der Waals surface area (Å²) in [5.74, 6) is -1.00. The molecule has 6 rings (SSSR count). The van der Waals surface area contributed by atoms with Crippen LogP contribution in [0.2, 0.25) is 5.02 Å². The second-order valence-electron chi connectivity index (χ2n) is 10.7. The number of amides is 2. The van der Waals surface area contributed by atoms with E-state index in [0.717, 1.165) is 19.5 Å². The average molecular weight is 542 g/mol. The van der Waals surface area contributed by atoms with E-state index in [2.05, 4.69) is 23.7 Å². The molecule has 1 aromatic heterocycles. The van der Waals surface area contributed by atoms with Crippen molar-refractivity contribution in [2.45, 2.75) is 25.4 Å². The van der Waals surface area contributed by atoms with Gasteiger partial charge in [0.1, 0.15) is 40.3 Å². The molecule has 0 aliphatic carbocycles. The molecule has 1 spiro atoms. The van der Waals surface area contributed by atoms with Crippen molar-refractivity contribution in [3.05, 3.63) is 47.3 Å². The molecule has 5 heterocycles. The number of piperazine rings is 1. The third-order valence-corrected chi connectivity index (χ3v) is 8.56. The standard InChI is InChI=1S/C27H29ClFN5O4/c1-3-19(36)32-7-8-33-16(10-32)11-38-24-21(26(33)37)25(34-14-27(9-15(34)2)12-30-13-27)31-23(22(24)28)20-17(29)5-4-6-18(20)35/h3-6,15-16,30,35H,1,7-14H2,2H3/t15?,16-/m1/s1. The molecular weight excluding hydrogens is 513 g/mol. The van der Waals surface area contributed by atoms with Crippen LogP contribution in [0.5, 0.6) is 11.5 Å². The molecule has 2 atom stereocenters. The van der Waals surface area contributed by atoms with E-state index in [0.29, 0.717) is 32.0 Å². The Labute approximate surface area is 224 Å². The maximum atomic E-state index is 15.0. The molecule has 4 aliphatic rings. The Kier molecular flexibility index (Phi) is 5.99. The maximum Gasteiger partial charge on any atom is 0.261 e. The third-order valence-electron chi connectivity index (χ3n) is 8.21. The molecule has 3 saturated heterocycles. The molecule has 0 bridgehead atoms. The van der Waals surface area contributed by atoms with Crippen molar-refractivity contribution in [2.24, 2.45) is 5.41 Å². The van der Waals surface area contributed by atoms with Gasteiger partial charge in [-0.1, -0.05) is 24.2 Å². The van der Waals surface area contributed by atoms with Gasteiger partial charge in [-0.05, 0) is 31.6 Å². The van der Waals surface area contributed by atoms with Crippen LogP contribution in [-0.2, 0) is 4.79 Å². The third kappa shape index (κ3) is 3.80. The van der Waals surface area contributed by atoms with Gasteiger partial charge in [0.2, 0.25) is 5.91 Å². The van der Waals surface area contributed by atoms with Gasteiger partial charge in [0.25, 0.3) is 5.91 Å². The highest BCUT2D eigenvalue weighted by molar-refractivity contribution is 6.35. The van der Waals surface area contributed by atoms with Crippen LogP contribution < -0.4 is 15.0 Å². The van der Waals surface area contributed by atoms with Crippen molar-refractivity contribution in [1.82, 2.24) is 20.1 Å². The van der Waals surface area contributed by atoms with Crippen molar-refractivity contribution in [2.75, 3.05) is 50.8 Å². The summed E-state index contributed by atoms with van der Waals surface area (Å²) in [4.78, 5) is 36.6. The Hall–Kier alpha value is -3.37. The zero-order chi connectivity index (χ0) is 26.8. The van der Waals surface area contributed by atoms with Gasteiger partial charge in [-0.2, -0.15) is 0 Å². The van der Waals surface area contributed by atoms with Crippen LogP contribution in [0.4, 0.5) is 10.2 Å². The molecule has 0 saturated carbocycles. The number of carbonyl (C=O) groups excluding carboxylic acids is 2. The Morgan fingerprint density at radius 3 is 2.76 bits per heavy atom. The number of phenolic OH excluding ortho intramolecular Hbond substituents is 1. The molecule has 11 heteroatoms. The first-order chi connectivity index (χ1) is 18.2. The number of aromatic nitrogens is 1. The predicted molar refractivity (Wildman–Crippen MR) is 140 cm³/mol. The summed E-state index contributed by atoms with van der Waals surface area (Å²) in [5, 5.41) is 13.9. The quantitative estimate of drug-likeness (QED) is 0.577. The lowest BCUT2D eigenvalue weighted by Crippen LogP contribution is -2.57. The summed E-state index contributed by atoms with van der Waals surface area (Å²) in [6.45, 7) is 9.14. The van der Waals surface area contributed by atoms with Crippen LogP contribution in [0.1, 0.15) is 23.7 Å². The number of nitrogens with zero attached hydrogens (tertiary/aromatic N) is 4. The van der Waals surface area contributed by atoms with Crippen molar-refractivity contribution in [3.63, 3.8) is 0 Å². The normalized spacial score (nSPS) is 23.9. The Morgan fingerprint density at radius 2 is 2.11 bits per heavy atom. The van der Waals surface area contributed by atoms with Gasteiger partial charge in [-0.15, -0.1) is 0 Å². The van der Waals surface area contributed by atoms with Gasteiger partial charge < -0.3 is 29.9 Å². The zero-order valence-electron chi connectivity index (χ0n) is 21.0. The van der Waals surface area contributed by atoms with E-state index >= 15 is 4.39 Å². The van der Waals surface area contributed by atoms with Crippen LogP contribution in [-0.4, -0.2) is 89.7 Å². The highest BCUT2D eigenvalue weighted by atomic mass is 35.5. The van der Waals surface area contributed by atoms with E-state index < -0.39 is 11.9 Å². The van der Waals surface area contributed by atoms with Crippen LogP contribution in [0, 0.1) is 11.2 Å². The number of ether oxygens (including phenoxy) is 1. The number of hydrogen-bond donors (Lipinski definition) is 2. The minimum atomic E-state index is -0.685. The smallest absolute Gasteiger partial charge is 0.261 e. The van der Waals surface area contributed by atoms with Crippen molar-refractivity contribution in [1.29, 1.82) is 0 Å². The summed E-state index contributed by atoms with van der Waals surface area (Å²) in [5.41, 5.74) is 0.180. The molecule has 2 amide bonds. The second kappa shape index (κ2) is 9.13. The molecule has 4 aliphatic heterocycles. The summed E-state index contributed by atoms with van der Waals surface area (Å²) < 4.78 is 21.2. The molecule has 2 aromatic rings. The van der Waals surface area contributed by atoms with Crippen LogP contribution in [0.25, 0.3) is 11.3 Å². The van der Waals surface area contributed by atoms with Crippen LogP contribution in [0.15, 0.2) is 30.9 Å². The average Bonchev–Trinajstić information content (AvgIpc) is 3.18. The molecule has 1 unspecified atom stereocenters. The first-order valence-electron chi connectivity index (χ1n) is 12.8. The highest BCUT2D eigenvalue weighted by Gasteiger charge is 2.49. The minimum absolute atomic E-state index is 0.0204. The van der Waals surface area contributed by atoms with E-state index in [4.69, 9.17) is 21.3 Å². The fourth-order valence-electron chi connectivity index (χ4n) is 6.23. The van der Waals surface area contributed by atoms with Gasteiger partial charge >= 0.3 is 0 Å². The van der Waals surface area contributed by atoms with Gasteiger partial charge in [-0.3, -0.25) is 9.59 Å². The number of fused-ring (bicyclic) bond motifs is 2. The number of pyridine rings is 1. The van der Waals surface area contributed by atoms with E-state index in [1.54, 1.807) is 9.80 Å². The van der Waals surface area contributed by atoms with E-state index in [1.807, 2.05) is 0 Å². The lowest BCUT2D eigenvalue weighted by Gasteiger charge is -2.40. The summed E-state index contributed by atoms with van der Waals surface area (Å²) in [6.07, 6.45) is 2.18. The number of halogens is 2. The van der Waals surface area contributed by atoms with Gasteiger partial charge in [0.15, 0.2) is 5.75 Å². The van der Waals surface area contributed by atoms with Gasteiger partial charge in [0, 0.05) is 50.7 Å². The Bertz CT molecular complexity index is 1330. The molecule has 38 heavy (non-hydrogen) atoms. The number of nitrogens with one attached hydrogen (secondary N) is 1. The predicted octanol–water partition coefficient (Wildman–Crippen LogP) is 2.67. The van der Waals surface area contributed by atoms with Crippen molar-refractivity contribution >= 4 is 29.2 Å². The van der Waals surface area contributed by atoms with Crippen LogP contribution in [0.3, 0.4) is 0 Å². The largest absolute Gasteiger partial charge is 0.507 e. The molecular formula is C27H29ClFN5O4. The topological polar surface area (TPSA) is 98.2 Å². The first-order valence-corrected chi connectivity index (χ1v) is 13.1. The lowest BCUT2D eigenvalue weighted by molar-refractivity contribution is -0.128. The molecule has 0 radical (unpaired) electrons. The summed E-state index contributed by atoms with van der Waals surface area (Å²) >= 11 is 6.81. The van der Waals surface area contributed by atoms with Crippen LogP contribution >= 0.6 is 11.6 Å². The number of benzene rings is 1. The zero-order valence-corrected chi connectivity index (χ0v) is 21.8. The monoisotopic (exact) mass is 541 g/mol. The fourth-order valence-corrected chi connectivity index (χ4v) is 6.52. The SMILES string of the molecule is C=CC(=O)N1CCN2C(=O)c3c(N4CC5(CNC5)CC4C)nc(-c4c(O)cccc4F)c(Cl)c3OC[C@H]2C1. The van der Waals surface area contributed by atoms with Gasteiger partial charge in [0.05, 0.1) is 11.6 Å². The minimum Gasteiger partial charge on any atom is -0.507 e. The second-order valence-corrected chi connectivity index (χ2v) is 11.1. The molecule has 3 fully saturated rings. The molecule has 200 valence electrons. The van der Waals surface area contributed by atoms with E-state index in [1.165, 1.54) is 24.3 Å². The number of hydrogen-bond acceptors (Lipinski definition) is 7. The number of anilines is 1. The maximum absolute atomic E-state index is 15.0. The fraction of sp³-hybridized carbons (Fsp3) is 0.444. The summed E-state index contributed by atoms with van der Waals surface area (Å²) in [7, 11) is 0. The molecule has 2 N–H and O–H groups in total. The Balaban J connectivity index is 1.50. The van der Waals surface area contributed by atoms with E-state index in [9.17, 15) is 14.7 Å². The van der Waals surface area contributed by atoms with Crippen molar-refractivity contribution in [3.8, 4) is 22.8 Å². The highest BCUT2D eigenvalue weighted by Crippen LogP contribution is 2.48. The number of rotatable bonds is 3. The van der Waals surface area contributed by atoms with E-state index in [-0.39, 0.29) is 63.2 Å². The summed E-state index contributed by atoms with van der Waals surface area (Å²) in [6, 6.07) is 3.65. The van der Waals surface area contributed by atoms with Gasteiger partial charge in [-0.25, -0.2) is 9.37 Å². The Morgan fingerprint density at radius 1 is 1.32 bits per heavy atom. The molecule has 9 nitrogen and oxygen atoms in total. The molecule has 1 aromatic carbocycles. The number of phenols is 1. The first kappa shape index (κ1) is 24.9. The number of carbonyl (C=O) groups is 2. The number of aromatic hydroxyl groups is 1.